The molecule has 0 radical (unpaired) electrons. The van der Waals surface area contributed by atoms with E-state index in [1.165, 1.54) is 25.3 Å². The monoisotopic (exact) mass is 426 g/mol. The zero-order valence-corrected chi connectivity index (χ0v) is 17.5. The average Bonchev–Trinajstić information content (AvgIpc) is 2.79. The molecule has 7 nitrogen and oxygen atoms in total. The van der Waals surface area contributed by atoms with Gasteiger partial charge in [-0.2, -0.15) is 0 Å². The Kier molecular flexibility index (Phi) is 9.48. The maximum Gasteiger partial charge on any atom is 0.331 e. The summed E-state index contributed by atoms with van der Waals surface area (Å²) in [5.74, 6) is -0.804. The largest absolute Gasteiger partial charge is 0.496 e. The molecule has 7 heteroatoms. The molecule has 0 saturated heterocycles. The number of aliphatic hydroxyl groups is 2. The standard InChI is InChI=1S/C24H26O7/c1-17-3-5-18(6-4-17)8-12-24(28)31-21(15-26)16-30-23(27)11-9-19-7-10-20(14-25)22(13-19)29-2/h3-13,21,25-26H,14-16H2,1-2H3/b11-9+,12-8+. The summed E-state index contributed by atoms with van der Waals surface area (Å²) >= 11 is 0. The van der Waals surface area contributed by atoms with E-state index in [9.17, 15) is 19.8 Å². The number of aliphatic hydroxyl groups excluding tert-OH is 2. The molecule has 0 aliphatic heterocycles. The SMILES string of the molecule is COc1cc(/C=C/C(=O)OCC(CO)OC(=O)/C=C/c2ccc(C)cc2)ccc1CO. The third kappa shape index (κ3) is 8.08. The summed E-state index contributed by atoms with van der Waals surface area (Å²) in [4.78, 5) is 23.8. The van der Waals surface area contributed by atoms with Gasteiger partial charge in [-0.25, -0.2) is 9.59 Å². The fraction of sp³-hybridized carbons (Fsp3) is 0.250. The molecule has 0 aromatic heterocycles. The van der Waals surface area contributed by atoms with Crippen molar-refractivity contribution in [3.8, 4) is 5.75 Å². The van der Waals surface area contributed by atoms with Crippen LogP contribution in [0.4, 0.5) is 0 Å². The third-order valence-corrected chi connectivity index (χ3v) is 4.28. The van der Waals surface area contributed by atoms with Crippen LogP contribution in [0.15, 0.2) is 54.6 Å². The lowest BCUT2D eigenvalue weighted by atomic mass is 10.1. The molecule has 1 unspecified atom stereocenters. The van der Waals surface area contributed by atoms with Crippen LogP contribution in [0.2, 0.25) is 0 Å². The van der Waals surface area contributed by atoms with Crippen LogP contribution in [-0.2, 0) is 25.7 Å². The van der Waals surface area contributed by atoms with E-state index >= 15 is 0 Å². The van der Waals surface area contributed by atoms with E-state index in [2.05, 4.69) is 0 Å². The van der Waals surface area contributed by atoms with Crippen LogP contribution in [-0.4, -0.2) is 48.6 Å². The minimum Gasteiger partial charge on any atom is -0.496 e. The summed E-state index contributed by atoms with van der Waals surface area (Å²) in [5, 5.41) is 18.6. The van der Waals surface area contributed by atoms with Gasteiger partial charge in [0.1, 0.15) is 12.4 Å². The molecule has 1 atom stereocenters. The molecule has 2 rings (SSSR count). The Morgan fingerprint density at radius 2 is 1.61 bits per heavy atom. The fourth-order valence-corrected chi connectivity index (χ4v) is 2.55. The van der Waals surface area contributed by atoms with Crippen molar-refractivity contribution in [2.45, 2.75) is 19.6 Å². The molecule has 164 valence electrons. The lowest BCUT2D eigenvalue weighted by Gasteiger charge is -2.13. The number of rotatable bonds is 10. The summed E-state index contributed by atoms with van der Waals surface area (Å²) in [6, 6.07) is 12.7. The molecular weight excluding hydrogens is 400 g/mol. The molecule has 0 amide bonds. The predicted octanol–water partition coefficient (Wildman–Crippen LogP) is 2.67. The predicted molar refractivity (Wildman–Crippen MR) is 116 cm³/mol. The van der Waals surface area contributed by atoms with Crippen molar-refractivity contribution in [2.75, 3.05) is 20.3 Å². The first-order chi connectivity index (χ1) is 14.9. The van der Waals surface area contributed by atoms with Gasteiger partial charge in [0.05, 0.1) is 20.3 Å². The van der Waals surface area contributed by atoms with Gasteiger partial charge in [-0.05, 0) is 36.3 Å². The van der Waals surface area contributed by atoms with Crippen LogP contribution in [0.3, 0.4) is 0 Å². The van der Waals surface area contributed by atoms with Gasteiger partial charge < -0.3 is 24.4 Å². The number of aryl methyl sites for hydroxylation is 1. The van der Waals surface area contributed by atoms with Crippen LogP contribution >= 0.6 is 0 Å². The van der Waals surface area contributed by atoms with Gasteiger partial charge in [0, 0.05) is 17.7 Å². The molecule has 0 saturated carbocycles. The lowest BCUT2D eigenvalue weighted by molar-refractivity contribution is -0.154. The molecular formula is C24H26O7. The van der Waals surface area contributed by atoms with Crippen LogP contribution < -0.4 is 4.74 Å². The van der Waals surface area contributed by atoms with E-state index in [1.807, 2.05) is 31.2 Å². The molecule has 0 bridgehead atoms. The van der Waals surface area contributed by atoms with E-state index in [0.717, 1.165) is 11.1 Å². The number of carbonyl (C=O) groups excluding carboxylic acids is 2. The minimum atomic E-state index is -0.976. The van der Waals surface area contributed by atoms with Gasteiger partial charge in [-0.1, -0.05) is 42.0 Å². The first-order valence-corrected chi connectivity index (χ1v) is 9.64. The Balaban J connectivity index is 1.84. The zero-order valence-electron chi connectivity index (χ0n) is 17.5. The van der Waals surface area contributed by atoms with Gasteiger partial charge in [0.15, 0.2) is 6.10 Å². The van der Waals surface area contributed by atoms with E-state index < -0.39 is 24.6 Å². The topological polar surface area (TPSA) is 102 Å². The highest BCUT2D eigenvalue weighted by Crippen LogP contribution is 2.21. The second kappa shape index (κ2) is 12.3. The van der Waals surface area contributed by atoms with E-state index in [-0.39, 0.29) is 13.2 Å². The van der Waals surface area contributed by atoms with Crippen LogP contribution in [0.25, 0.3) is 12.2 Å². The number of carbonyl (C=O) groups is 2. The normalized spacial score (nSPS) is 12.1. The molecule has 0 fully saturated rings. The van der Waals surface area contributed by atoms with E-state index in [4.69, 9.17) is 14.2 Å². The Hall–Kier alpha value is -3.42. The first-order valence-electron chi connectivity index (χ1n) is 9.64. The maximum absolute atomic E-state index is 11.9. The van der Waals surface area contributed by atoms with Gasteiger partial charge in [-0.15, -0.1) is 0 Å². The van der Waals surface area contributed by atoms with Gasteiger partial charge in [0.2, 0.25) is 0 Å². The molecule has 0 aliphatic rings. The van der Waals surface area contributed by atoms with Crippen molar-refractivity contribution in [3.63, 3.8) is 0 Å². The number of benzene rings is 2. The third-order valence-electron chi connectivity index (χ3n) is 4.28. The van der Waals surface area contributed by atoms with Gasteiger partial charge >= 0.3 is 11.9 Å². The molecule has 0 heterocycles. The Bertz CT molecular complexity index is 929. The molecule has 0 aliphatic carbocycles. The molecule has 31 heavy (non-hydrogen) atoms. The highest BCUT2D eigenvalue weighted by Gasteiger charge is 2.14. The van der Waals surface area contributed by atoms with Gasteiger partial charge in [0.25, 0.3) is 0 Å². The number of methoxy groups -OCH3 is 1. The van der Waals surface area contributed by atoms with Crippen molar-refractivity contribution in [2.24, 2.45) is 0 Å². The molecule has 2 aromatic rings. The summed E-state index contributed by atoms with van der Waals surface area (Å²) in [6.07, 6.45) is 4.60. The lowest BCUT2D eigenvalue weighted by Crippen LogP contribution is -2.27. The van der Waals surface area contributed by atoms with Crippen molar-refractivity contribution < 1.29 is 34.0 Å². The highest BCUT2D eigenvalue weighted by molar-refractivity contribution is 5.88. The van der Waals surface area contributed by atoms with E-state index in [0.29, 0.717) is 16.9 Å². The second-order valence-electron chi connectivity index (χ2n) is 6.68. The van der Waals surface area contributed by atoms with Crippen LogP contribution in [0.1, 0.15) is 22.3 Å². The molecule has 2 aromatic carbocycles. The van der Waals surface area contributed by atoms with Crippen molar-refractivity contribution >= 4 is 24.1 Å². The van der Waals surface area contributed by atoms with Crippen molar-refractivity contribution in [1.82, 2.24) is 0 Å². The number of hydrogen-bond acceptors (Lipinski definition) is 7. The average molecular weight is 426 g/mol. The van der Waals surface area contributed by atoms with Crippen molar-refractivity contribution in [3.05, 3.63) is 76.9 Å². The minimum absolute atomic E-state index is 0.156. The zero-order chi connectivity index (χ0) is 22.6. The summed E-state index contributed by atoms with van der Waals surface area (Å²) in [6.45, 7) is 1.04. The van der Waals surface area contributed by atoms with Gasteiger partial charge in [-0.3, -0.25) is 0 Å². The summed E-state index contributed by atoms with van der Waals surface area (Å²) in [5.41, 5.74) is 3.25. The van der Waals surface area contributed by atoms with Crippen LogP contribution in [0.5, 0.6) is 5.75 Å². The Morgan fingerprint density at radius 3 is 2.26 bits per heavy atom. The summed E-state index contributed by atoms with van der Waals surface area (Å²) in [7, 11) is 1.49. The smallest absolute Gasteiger partial charge is 0.331 e. The Morgan fingerprint density at radius 1 is 0.968 bits per heavy atom. The van der Waals surface area contributed by atoms with E-state index in [1.54, 1.807) is 24.3 Å². The molecule has 2 N–H and O–H groups in total. The fourth-order valence-electron chi connectivity index (χ4n) is 2.55. The summed E-state index contributed by atoms with van der Waals surface area (Å²) < 4.78 is 15.3. The first kappa shape index (κ1) is 23.9. The van der Waals surface area contributed by atoms with Crippen molar-refractivity contribution in [1.29, 1.82) is 0 Å². The highest BCUT2D eigenvalue weighted by atomic mass is 16.6. The maximum atomic E-state index is 11.9. The molecule has 0 spiro atoms. The Labute approximate surface area is 181 Å². The number of esters is 2. The van der Waals surface area contributed by atoms with Crippen LogP contribution in [0, 0.1) is 6.92 Å². The quantitative estimate of drug-likeness (QED) is 0.445. The number of ether oxygens (including phenoxy) is 3. The number of hydrogen-bond donors (Lipinski definition) is 2. The second-order valence-corrected chi connectivity index (χ2v) is 6.68.